The van der Waals surface area contributed by atoms with E-state index >= 15 is 0 Å². The molecule has 0 N–H and O–H groups in total. The van der Waals surface area contributed by atoms with Crippen LogP contribution in [0.2, 0.25) is 0 Å². The van der Waals surface area contributed by atoms with Gasteiger partial charge in [-0.15, -0.1) is 0 Å². The lowest BCUT2D eigenvalue weighted by atomic mass is 10.0. The zero-order valence-corrected chi connectivity index (χ0v) is 12.1. The van der Waals surface area contributed by atoms with Gasteiger partial charge in [0.1, 0.15) is 6.29 Å². The third-order valence-corrected chi connectivity index (χ3v) is 3.34. The molecule has 1 aromatic rings. The van der Waals surface area contributed by atoms with E-state index in [1.165, 1.54) is 19.3 Å². The van der Waals surface area contributed by atoms with Gasteiger partial charge in [0.25, 0.3) is 0 Å². The first-order chi connectivity index (χ1) is 9.24. The predicted octanol–water partition coefficient (Wildman–Crippen LogP) is 4.10. The molecule has 0 heterocycles. The van der Waals surface area contributed by atoms with Crippen molar-refractivity contribution in [3.05, 3.63) is 23.8 Å². The zero-order valence-electron chi connectivity index (χ0n) is 12.1. The van der Waals surface area contributed by atoms with Crippen molar-refractivity contribution in [2.75, 3.05) is 13.7 Å². The number of rotatable bonds is 9. The van der Waals surface area contributed by atoms with E-state index in [0.29, 0.717) is 29.6 Å². The maximum Gasteiger partial charge on any atom is 0.161 e. The predicted molar refractivity (Wildman–Crippen MR) is 77.2 cm³/mol. The van der Waals surface area contributed by atoms with Crippen molar-refractivity contribution in [1.29, 1.82) is 0 Å². The van der Waals surface area contributed by atoms with Crippen molar-refractivity contribution < 1.29 is 14.3 Å². The van der Waals surface area contributed by atoms with E-state index in [4.69, 9.17) is 9.47 Å². The van der Waals surface area contributed by atoms with Crippen molar-refractivity contribution in [2.24, 2.45) is 5.92 Å². The molecule has 0 bridgehead atoms. The van der Waals surface area contributed by atoms with Gasteiger partial charge < -0.3 is 9.47 Å². The summed E-state index contributed by atoms with van der Waals surface area (Å²) in [7, 11) is 1.59. The number of hydrogen-bond donors (Lipinski definition) is 0. The van der Waals surface area contributed by atoms with E-state index in [2.05, 4.69) is 13.8 Å². The molecule has 0 aliphatic rings. The molecule has 0 aromatic heterocycles. The third-order valence-electron chi connectivity index (χ3n) is 3.34. The van der Waals surface area contributed by atoms with Crippen LogP contribution in [0.15, 0.2) is 18.2 Å². The molecule has 1 aromatic carbocycles. The number of ether oxygens (including phenoxy) is 2. The van der Waals surface area contributed by atoms with E-state index in [0.717, 1.165) is 12.7 Å². The van der Waals surface area contributed by atoms with Crippen LogP contribution < -0.4 is 9.47 Å². The summed E-state index contributed by atoms with van der Waals surface area (Å²) in [6.45, 7) is 5.10. The Bertz CT molecular complexity index is 388. The quantitative estimate of drug-likeness (QED) is 0.630. The number of aldehydes is 1. The standard InChI is InChI=1S/C16H24O3/c1-4-6-7-13(5-2)12-19-15-9-8-14(11-17)10-16(15)18-3/h8-11,13H,4-7,12H2,1-3H3/t13-/m1/s1. The molecular formula is C16H24O3. The van der Waals surface area contributed by atoms with E-state index in [-0.39, 0.29) is 0 Å². The second-order valence-electron chi connectivity index (χ2n) is 4.76. The van der Waals surface area contributed by atoms with Crippen LogP contribution >= 0.6 is 0 Å². The first-order valence-corrected chi connectivity index (χ1v) is 7.01. The molecule has 1 atom stereocenters. The highest BCUT2D eigenvalue weighted by molar-refractivity contribution is 5.76. The topological polar surface area (TPSA) is 35.5 Å². The van der Waals surface area contributed by atoms with Gasteiger partial charge >= 0.3 is 0 Å². The summed E-state index contributed by atoms with van der Waals surface area (Å²) >= 11 is 0. The molecule has 0 unspecified atom stereocenters. The minimum Gasteiger partial charge on any atom is -0.493 e. The van der Waals surface area contributed by atoms with Gasteiger partial charge in [-0.1, -0.05) is 33.1 Å². The van der Waals surface area contributed by atoms with Gasteiger partial charge in [-0.3, -0.25) is 4.79 Å². The second-order valence-corrected chi connectivity index (χ2v) is 4.76. The third kappa shape index (κ3) is 4.93. The second kappa shape index (κ2) is 8.57. The SMILES string of the molecule is CCCC[C@@H](CC)COc1ccc(C=O)cc1OC. The Labute approximate surface area is 115 Å². The molecule has 0 saturated heterocycles. The normalized spacial score (nSPS) is 11.9. The Kier molecular flexibility index (Phi) is 7.01. The number of carbonyl (C=O) groups excluding carboxylic acids is 1. The highest BCUT2D eigenvalue weighted by atomic mass is 16.5. The molecule has 106 valence electrons. The van der Waals surface area contributed by atoms with Gasteiger partial charge in [-0.05, 0) is 30.5 Å². The molecular weight excluding hydrogens is 240 g/mol. The largest absolute Gasteiger partial charge is 0.493 e. The average Bonchev–Trinajstić information content (AvgIpc) is 2.47. The lowest BCUT2D eigenvalue weighted by molar-refractivity contribution is 0.112. The van der Waals surface area contributed by atoms with Crippen LogP contribution in [-0.2, 0) is 0 Å². The summed E-state index contributed by atoms with van der Waals surface area (Å²) in [5, 5.41) is 0. The molecule has 3 nitrogen and oxygen atoms in total. The number of benzene rings is 1. The van der Waals surface area contributed by atoms with E-state index < -0.39 is 0 Å². The summed E-state index contributed by atoms with van der Waals surface area (Å²) in [5.41, 5.74) is 0.599. The van der Waals surface area contributed by atoms with E-state index in [1.807, 2.05) is 0 Å². The summed E-state index contributed by atoms with van der Waals surface area (Å²) < 4.78 is 11.1. The lowest BCUT2D eigenvalue weighted by Crippen LogP contribution is -2.11. The van der Waals surface area contributed by atoms with Crippen molar-refractivity contribution >= 4 is 6.29 Å². The summed E-state index contributed by atoms with van der Waals surface area (Å²) in [6.07, 6.45) is 5.58. The molecule has 0 radical (unpaired) electrons. The van der Waals surface area contributed by atoms with Gasteiger partial charge in [0.2, 0.25) is 0 Å². The first kappa shape index (κ1) is 15.5. The number of unbranched alkanes of at least 4 members (excludes halogenated alkanes) is 1. The maximum absolute atomic E-state index is 10.7. The monoisotopic (exact) mass is 264 g/mol. The van der Waals surface area contributed by atoms with Crippen LogP contribution in [0.4, 0.5) is 0 Å². The molecule has 0 amide bonds. The van der Waals surface area contributed by atoms with Gasteiger partial charge in [0.15, 0.2) is 11.5 Å². The molecule has 19 heavy (non-hydrogen) atoms. The minimum absolute atomic E-state index is 0.579. The Morgan fingerprint density at radius 2 is 2.05 bits per heavy atom. The molecule has 3 heteroatoms. The number of carbonyl (C=O) groups is 1. The van der Waals surface area contributed by atoms with Gasteiger partial charge in [-0.25, -0.2) is 0 Å². The summed E-state index contributed by atoms with van der Waals surface area (Å²) in [4.78, 5) is 10.7. The Hall–Kier alpha value is -1.51. The van der Waals surface area contributed by atoms with Crippen molar-refractivity contribution in [1.82, 2.24) is 0 Å². The van der Waals surface area contributed by atoms with Crippen LogP contribution in [0.25, 0.3) is 0 Å². The fourth-order valence-corrected chi connectivity index (χ4v) is 1.98. The Morgan fingerprint density at radius 3 is 2.63 bits per heavy atom. The molecule has 0 fully saturated rings. The highest BCUT2D eigenvalue weighted by Gasteiger charge is 2.10. The molecule has 1 rings (SSSR count). The van der Waals surface area contributed by atoms with Crippen LogP contribution in [0.1, 0.15) is 49.9 Å². The Morgan fingerprint density at radius 1 is 1.26 bits per heavy atom. The lowest BCUT2D eigenvalue weighted by Gasteiger charge is -2.17. The minimum atomic E-state index is 0.579. The van der Waals surface area contributed by atoms with Crippen LogP contribution in [0.5, 0.6) is 11.5 Å². The molecule has 0 aliphatic carbocycles. The maximum atomic E-state index is 10.7. The van der Waals surface area contributed by atoms with Gasteiger partial charge in [0.05, 0.1) is 13.7 Å². The number of hydrogen-bond acceptors (Lipinski definition) is 3. The fraction of sp³-hybridized carbons (Fsp3) is 0.562. The van der Waals surface area contributed by atoms with Crippen LogP contribution in [0.3, 0.4) is 0 Å². The van der Waals surface area contributed by atoms with E-state index in [1.54, 1.807) is 25.3 Å². The zero-order chi connectivity index (χ0) is 14.1. The van der Waals surface area contributed by atoms with E-state index in [9.17, 15) is 4.79 Å². The van der Waals surface area contributed by atoms with Gasteiger partial charge in [-0.2, -0.15) is 0 Å². The molecule has 0 spiro atoms. The molecule has 0 saturated carbocycles. The molecule has 0 aliphatic heterocycles. The summed E-state index contributed by atoms with van der Waals surface area (Å²) in [5.74, 6) is 1.91. The average molecular weight is 264 g/mol. The summed E-state index contributed by atoms with van der Waals surface area (Å²) in [6, 6.07) is 5.25. The van der Waals surface area contributed by atoms with Crippen molar-refractivity contribution in [3.8, 4) is 11.5 Å². The Balaban J connectivity index is 2.62. The van der Waals surface area contributed by atoms with Crippen molar-refractivity contribution in [2.45, 2.75) is 39.5 Å². The fourth-order valence-electron chi connectivity index (χ4n) is 1.98. The highest BCUT2D eigenvalue weighted by Crippen LogP contribution is 2.28. The van der Waals surface area contributed by atoms with Gasteiger partial charge in [0, 0.05) is 5.56 Å². The smallest absolute Gasteiger partial charge is 0.161 e. The van der Waals surface area contributed by atoms with Crippen molar-refractivity contribution in [3.63, 3.8) is 0 Å². The van der Waals surface area contributed by atoms with Crippen LogP contribution in [0, 0.1) is 5.92 Å². The van der Waals surface area contributed by atoms with Crippen LogP contribution in [-0.4, -0.2) is 20.0 Å². The first-order valence-electron chi connectivity index (χ1n) is 7.01. The number of methoxy groups -OCH3 is 1.